The third-order valence-electron chi connectivity index (χ3n) is 3.93. The number of aliphatic carboxylic acids is 1. The maximum atomic E-state index is 12.0. The summed E-state index contributed by atoms with van der Waals surface area (Å²) < 4.78 is 3.06. The number of nitrogens with zero attached hydrogens (tertiary/aromatic N) is 2. The lowest BCUT2D eigenvalue weighted by atomic mass is 10.3. The molecule has 0 fully saturated rings. The molecular formula is C20H19IN2O3S. The zero-order chi connectivity index (χ0) is 18.5. The van der Waals surface area contributed by atoms with Crippen molar-refractivity contribution in [3.05, 3.63) is 65.8 Å². The fraction of sp³-hybridized carbons (Fsp3) is 0.150. The number of fused-ring (bicyclic) bond motifs is 1. The summed E-state index contributed by atoms with van der Waals surface area (Å²) in [6.45, 7) is 1.89. The Morgan fingerprint density at radius 1 is 1.11 bits per heavy atom. The summed E-state index contributed by atoms with van der Waals surface area (Å²) in [6, 6.07) is 17.3. The number of thiazole rings is 1. The molecule has 140 valence electrons. The quantitative estimate of drug-likeness (QED) is 0.406. The summed E-state index contributed by atoms with van der Waals surface area (Å²) in [5, 5.41) is 9.93. The van der Waals surface area contributed by atoms with Gasteiger partial charge in [0.05, 0.1) is 0 Å². The molecule has 1 aromatic heterocycles. The second-order valence-electron chi connectivity index (χ2n) is 5.74. The highest BCUT2D eigenvalue weighted by atomic mass is 127. The molecule has 0 spiro atoms. The van der Waals surface area contributed by atoms with E-state index < -0.39 is 5.97 Å². The molecule has 3 aromatic rings. The van der Waals surface area contributed by atoms with E-state index in [0.717, 1.165) is 20.9 Å². The van der Waals surface area contributed by atoms with Gasteiger partial charge in [0.15, 0.2) is 6.54 Å². The standard InChI is InChI=1S/C20H18N2O3S.HI/c1-15(23)21(16-7-3-2-4-8-16)13-11-19-22(14-12-20(24)25)17-9-5-6-10-18(17)26-19;/h2-11,13H,12,14H2,1H3;1H. The summed E-state index contributed by atoms with van der Waals surface area (Å²) in [5.41, 5.74) is 1.78. The van der Waals surface area contributed by atoms with Crippen LogP contribution in [0.15, 0.2) is 60.8 Å². The van der Waals surface area contributed by atoms with Crippen LogP contribution in [0.5, 0.6) is 0 Å². The summed E-state index contributed by atoms with van der Waals surface area (Å²) in [6.07, 6.45) is 3.64. The Bertz CT molecular complexity index is 970. The van der Waals surface area contributed by atoms with E-state index in [2.05, 4.69) is 0 Å². The molecule has 0 atom stereocenters. The predicted molar refractivity (Wildman–Crippen MR) is 103 cm³/mol. The lowest BCUT2D eigenvalue weighted by Crippen LogP contribution is -3.00. The number of carbonyl (C=O) groups excluding carboxylic acids is 1. The molecule has 5 nitrogen and oxygen atoms in total. The summed E-state index contributed by atoms with van der Waals surface area (Å²) >= 11 is 1.57. The molecule has 0 bridgehead atoms. The van der Waals surface area contributed by atoms with E-state index in [1.165, 1.54) is 6.92 Å². The van der Waals surface area contributed by atoms with Crippen molar-refractivity contribution in [1.29, 1.82) is 0 Å². The van der Waals surface area contributed by atoms with E-state index in [1.54, 1.807) is 22.4 Å². The van der Waals surface area contributed by atoms with E-state index in [-0.39, 0.29) is 36.3 Å². The lowest BCUT2D eigenvalue weighted by Gasteiger charge is -2.15. The van der Waals surface area contributed by atoms with Crippen LogP contribution in [0, 0.1) is 0 Å². The van der Waals surface area contributed by atoms with Crippen LogP contribution < -0.4 is 33.4 Å². The van der Waals surface area contributed by atoms with Crippen molar-refractivity contribution in [2.45, 2.75) is 19.9 Å². The average Bonchev–Trinajstić information content (AvgIpc) is 2.98. The predicted octanol–water partition coefficient (Wildman–Crippen LogP) is 0.691. The van der Waals surface area contributed by atoms with Gasteiger partial charge < -0.3 is 29.1 Å². The average molecular weight is 494 g/mol. The van der Waals surface area contributed by atoms with Crippen molar-refractivity contribution in [1.82, 2.24) is 0 Å². The zero-order valence-electron chi connectivity index (χ0n) is 14.7. The van der Waals surface area contributed by atoms with Crippen molar-refractivity contribution in [3.8, 4) is 0 Å². The first-order valence-electron chi connectivity index (χ1n) is 8.22. The Morgan fingerprint density at radius 3 is 2.44 bits per heavy atom. The summed E-state index contributed by atoms with van der Waals surface area (Å²) in [7, 11) is 0. The van der Waals surface area contributed by atoms with E-state index in [9.17, 15) is 9.59 Å². The molecule has 0 saturated heterocycles. The maximum Gasteiger partial charge on any atom is 0.309 e. The number of carboxylic acids is 1. The molecule has 2 aromatic carbocycles. The van der Waals surface area contributed by atoms with Gasteiger partial charge in [-0.05, 0) is 18.2 Å². The number of hydrogen-bond donors (Lipinski definition) is 1. The Labute approximate surface area is 178 Å². The molecule has 1 N–H and O–H groups in total. The first kappa shape index (κ1) is 21.0. The smallest absolute Gasteiger partial charge is 0.309 e. The fourth-order valence-electron chi connectivity index (χ4n) is 2.71. The minimum absolute atomic E-state index is 0. The number of aromatic nitrogens is 1. The number of anilines is 1. The molecule has 3 rings (SSSR count). The van der Waals surface area contributed by atoms with E-state index >= 15 is 0 Å². The van der Waals surface area contributed by atoms with E-state index in [1.807, 2.05) is 65.2 Å². The topological polar surface area (TPSA) is 61.5 Å². The van der Waals surface area contributed by atoms with E-state index in [0.29, 0.717) is 6.54 Å². The number of hydrogen-bond acceptors (Lipinski definition) is 3. The molecule has 0 radical (unpaired) electrons. The van der Waals surface area contributed by atoms with Crippen LogP contribution in [0.2, 0.25) is 0 Å². The lowest BCUT2D eigenvalue weighted by molar-refractivity contribution is -0.667. The Kier molecular flexibility index (Phi) is 7.49. The second kappa shape index (κ2) is 9.61. The number of aryl methyl sites for hydroxylation is 1. The molecular weight excluding hydrogens is 475 g/mol. The highest BCUT2D eigenvalue weighted by Crippen LogP contribution is 2.22. The highest BCUT2D eigenvalue weighted by Gasteiger charge is 2.19. The summed E-state index contributed by atoms with van der Waals surface area (Å²) in [5.74, 6) is -0.928. The van der Waals surface area contributed by atoms with Crippen molar-refractivity contribution in [2.75, 3.05) is 4.90 Å². The largest absolute Gasteiger partial charge is 1.00 e. The Morgan fingerprint density at radius 2 is 1.78 bits per heavy atom. The van der Waals surface area contributed by atoms with Gasteiger partial charge in [-0.15, -0.1) is 0 Å². The molecule has 1 amide bonds. The van der Waals surface area contributed by atoms with Crippen LogP contribution in [-0.2, 0) is 16.1 Å². The molecule has 0 aliphatic heterocycles. The van der Waals surface area contributed by atoms with Gasteiger partial charge in [0, 0.05) is 31.0 Å². The van der Waals surface area contributed by atoms with Gasteiger partial charge in [-0.2, -0.15) is 4.57 Å². The minimum Gasteiger partial charge on any atom is -1.00 e. The molecule has 7 heteroatoms. The molecule has 27 heavy (non-hydrogen) atoms. The molecule has 0 saturated carbocycles. The Balaban J connectivity index is 0.00000261. The molecule has 0 unspecified atom stereocenters. The van der Waals surface area contributed by atoms with Gasteiger partial charge in [0.1, 0.15) is 11.1 Å². The van der Waals surface area contributed by atoms with Crippen LogP contribution in [-0.4, -0.2) is 17.0 Å². The van der Waals surface area contributed by atoms with E-state index in [4.69, 9.17) is 5.11 Å². The Hall–Kier alpha value is -2.26. The van der Waals surface area contributed by atoms with Crippen molar-refractivity contribution in [3.63, 3.8) is 0 Å². The van der Waals surface area contributed by atoms with Gasteiger partial charge in [0.2, 0.25) is 11.4 Å². The van der Waals surface area contributed by atoms with Gasteiger partial charge in [-0.25, -0.2) is 0 Å². The van der Waals surface area contributed by atoms with Gasteiger partial charge >= 0.3 is 5.97 Å². The zero-order valence-corrected chi connectivity index (χ0v) is 17.7. The number of rotatable bonds is 6. The second-order valence-corrected chi connectivity index (χ2v) is 6.81. The van der Waals surface area contributed by atoms with Crippen molar-refractivity contribution < 1.29 is 43.2 Å². The van der Waals surface area contributed by atoms with Gasteiger partial charge in [0.25, 0.3) is 5.01 Å². The summed E-state index contributed by atoms with van der Waals surface area (Å²) in [4.78, 5) is 24.6. The minimum atomic E-state index is -0.836. The van der Waals surface area contributed by atoms with Crippen molar-refractivity contribution >= 4 is 45.2 Å². The molecule has 0 aliphatic rings. The first-order chi connectivity index (χ1) is 12.6. The molecule has 1 heterocycles. The fourth-order valence-corrected chi connectivity index (χ4v) is 3.80. The number of benzene rings is 2. The third-order valence-corrected chi connectivity index (χ3v) is 5.06. The van der Waals surface area contributed by atoms with Gasteiger partial charge in [-0.3, -0.25) is 14.5 Å². The number of para-hydroxylation sites is 2. The monoisotopic (exact) mass is 494 g/mol. The number of amides is 1. The maximum absolute atomic E-state index is 12.0. The van der Waals surface area contributed by atoms with Crippen LogP contribution in [0.1, 0.15) is 18.4 Å². The van der Waals surface area contributed by atoms with Crippen molar-refractivity contribution in [2.24, 2.45) is 0 Å². The first-order valence-corrected chi connectivity index (χ1v) is 9.04. The third kappa shape index (κ3) is 5.14. The number of carboxylic acid groups (broad SMARTS) is 1. The van der Waals surface area contributed by atoms with Crippen LogP contribution >= 0.6 is 11.3 Å². The SMILES string of the molecule is CC(=O)N(C=Cc1sc2ccccc2[n+]1CCC(=O)O)c1ccccc1.[I-]. The van der Waals surface area contributed by atoms with Gasteiger partial charge in [-0.1, -0.05) is 41.7 Å². The van der Waals surface area contributed by atoms with Crippen LogP contribution in [0.25, 0.3) is 16.3 Å². The number of carbonyl (C=O) groups is 2. The van der Waals surface area contributed by atoms with Crippen LogP contribution in [0.3, 0.4) is 0 Å². The normalized spacial score (nSPS) is 10.7. The number of halogens is 1. The van der Waals surface area contributed by atoms with Crippen LogP contribution in [0.4, 0.5) is 5.69 Å². The highest BCUT2D eigenvalue weighted by molar-refractivity contribution is 7.18. The molecule has 0 aliphatic carbocycles.